The van der Waals surface area contributed by atoms with E-state index in [2.05, 4.69) is 32.6 Å². The van der Waals surface area contributed by atoms with Gasteiger partial charge in [0.05, 0.1) is 0 Å². The van der Waals surface area contributed by atoms with Crippen molar-refractivity contribution in [1.82, 2.24) is 4.90 Å². The summed E-state index contributed by atoms with van der Waals surface area (Å²) in [7, 11) is 0. The molecule has 0 aromatic rings. The minimum Gasteiger partial charge on any atom is -0.396 e. The summed E-state index contributed by atoms with van der Waals surface area (Å²) in [6, 6.07) is 0.584. The van der Waals surface area contributed by atoms with Crippen LogP contribution in [0.5, 0.6) is 0 Å². The fourth-order valence-electron chi connectivity index (χ4n) is 2.82. The molecule has 0 saturated carbocycles. The van der Waals surface area contributed by atoms with Crippen LogP contribution < -0.4 is 0 Å². The molecule has 1 rings (SSSR count). The lowest BCUT2D eigenvalue weighted by atomic mass is 9.73. The second kappa shape index (κ2) is 5.31. The third-order valence-electron chi connectivity index (χ3n) is 4.24. The van der Waals surface area contributed by atoms with Crippen molar-refractivity contribution >= 4 is 0 Å². The highest BCUT2D eigenvalue weighted by molar-refractivity contribution is 4.96. The number of aliphatic hydroxyl groups is 1. The zero-order valence-electron chi connectivity index (χ0n) is 10.8. The van der Waals surface area contributed by atoms with Gasteiger partial charge in [-0.3, -0.25) is 4.90 Å². The number of aliphatic hydroxyl groups excluding tert-OH is 1. The number of hydrogen-bond acceptors (Lipinski definition) is 2. The summed E-state index contributed by atoms with van der Waals surface area (Å²) < 4.78 is 0. The predicted molar refractivity (Wildman–Crippen MR) is 64.9 cm³/mol. The van der Waals surface area contributed by atoms with Gasteiger partial charge in [0, 0.05) is 25.7 Å². The minimum atomic E-state index is 0.324. The van der Waals surface area contributed by atoms with E-state index < -0.39 is 0 Å². The Hall–Kier alpha value is -0.0800. The van der Waals surface area contributed by atoms with Crippen LogP contribution in [-0.2, 0) is 0 Å². The minimum absolute atomic E-state index is 0.324. The number of likely N-dealkylation sites (tertiary alicyclic amines) is 1. The molecular weight excluding hydrogens is 186 g/mol. The number of hydrogen-bond donors (Lipinski definition) is 1. The van der Waals surface area contributed by atoms with Crippen molar-refractivity contribution in [2.45, 2.75) is 53.0 Å². The summed E-state index contributed by atoms with van der Waals surface area (Å²) in [6.45, 7) is 11.9. The second-order valence-electron chi connectivity index (χ2n) is 5.44. The lowest BCUT2D eigenvalue weighted by Gasteiger charge is -2.54. The smallest absolute Gasteiger partial charge is 0.0446 e. The van der Waals surface area contributed by atoms with E-state index in [-0.39, 0.29) is 0 Å². The standard InChI is InChI=1S/C13H27NO/c1-5-13(6-2)9-14(10-13)12(7-8-15)11(3)4/h11-12,15H,5-10H2,1-4H3. The van der Waals surface area contributed by atoms with Crippen molar-refractivity contribution in [3.8, 4) is 0 Å². The monoisotopic (exact) mass is 213 g/mol. The maximum atomic E-state index is 9.07. The van der Waals surface area contributed by atoms with Gasteiger partial charge in [-0.2, -0.15) is 0 Å². The lowest BCUT2D eigenvalue weighted by molar-refractivity contribution is -0.0550. The Morgan fingerprint density at radius 3 is 2.07 bits per heavy atom. The van der Waals surface area contributed by atoms with E-state index in [1.165, 1.54) is 25.9 Å². The van der Waals surface area contributed by atoms with E-state index in [1.807, 2.05) is 0 Å². The van der Waals surface area contributed by atoms with Crippen LogP contribution in [0.3, 0.4) is 0 Å². The quantitative estimate of drug-likeness (QED) is 0.733. The van der Waals surface area contributed by atoms with Crippen LogP contribution in [-0.4, -0.2) is 35.7 Å². The Bertz CT molecular complexity index is 179. The van der Waals surface area contributed by atoms with E-state index in [0.717, 1.165) is 6.42 Å². The van der Waals surface area contributed by atoms with Gasteiger partial charge in [0.2, 0.25) is 0 Å². The predicted octanol–water partition coefficient (Wildman–Crippen LogP) is 2.52. The molecular formula is C13H27NO. The van der Waals surface area contributed by atoms with Gasteiger partial charge in [-0.15, -0.1) is 0 Å². The molecule has 1 heterocycles. The molecule has 0 bridgehead atoms. The van der Waals surface area contributed by atoms with Crippen LogP contribution in [0.2, 0.25) is 0 Å². The molecule has 1 saturated heterocycles. The average molecular weight is 213 g/mol. The summed E-state index contributed by atoms with van der Waals surface area (Å²) in [5.41, 5.74) is 0.586. The Morgan fingerprint density at radius 1 is 1.20 bits per heavy atom. The van der Waals surface area contributed by atoms with Crippen molar-refractivity contribution in [3.05, 3.63) is 0 Å². The third-order valence-corrected chi connectivity index (χ3v) is 4.24. The molecule has 2 nitrogen and oxygen atoms in total. The maximum Gasteiger partial charge on any atom is 0.0446 e. The first-order valence-electron chi connectivity index (χ1n) is 6.43. The average Bonchev–Trinajstić information content (AvgIpc) is 2.15. The van der Waals surface area contributed by atoms with Crippen LogP contribution in [0, 0.1) is 11.3 Å². The Labute approximate surface area is 94.7 Å². The van der Waals surface area contributed by atoms with Crippen LogP contribution >= 0.6 is 0 Å². The van der Waals surface area contributed by atoms with Crippen molar-refractivity contribution in [1.29, 1.82) is 0 Å². The molecule has 1 unspecified atom stereocenters. The lowest BCUT2D eigenvalue weighted by Crippen LogP contribution is -2.60. The summed E-state index contributed by atoms with van der Waals surface area (Å²) >= 11 is 0. The van der Waals surface area contributed by atoms with E-state index in [9.17, 15) is 0 Å². The molecule has 1 N–H and O–H groups in total. The number of rotatable bonds is 6. The van der Waals surface area contributed by atoms with E-state index in [1.54, 1.807) is 0 Å². The van der Waals surface area contributed by atoms with Crippen LogP contribution in [0.1, 0.15) is 47.0 Å². The van der Waals surface area contributed by atoms with Crippen molar-refractivity contribution < 1.29 is 5.11 Å². The summed E-state index contributed by atoms with van der Waals surface area (Å²) in [5, 5.41) is 9.07. The van der Waals surface area contributed by atoms with Gasteiger partial charge in [-0.05, 0) is 30.6 Å². The van der Waals surface area contributed by atoms with Gasteiger partial charge in [-0.25, -0.2) is 0 Å². The van der Waals surface area contributed by atoms with Crippen molar-refractivity contribution in [3.63, 3.8) is 0 Å². The van der Waals surface area contributed by atoms with Crippen molar-refractivity contribution in [2.75, 3.05) is 19.7 Å². The Morgan fingerprint density at radius 2 is 1.73 bits per heavy atom. The van der Waals surface area contributed by atoms with E-state index >= 15 is 0 Å². The zero-order chi connectivity index (χ0) is 11.5. The third kappa shape index (κ3) is 2.73. The highest BCUT2D eigenvalue weighted by Crippen LogP contribution is 2.39. The molecule has 0 amide bonds. The summed E-state index contributed by atoms with van der Waals surface area (Å²) in [6.07, 6.45) is 3.52. The normalized spacial score (nSPS) is 22.8. The fraction of sp³-hybridized carbons (Fsp3) is 1.00. The molecule has 15 heavy (non-hydrogen) atoms. The van der Waals surface area contributed by atoms with Crippen LogP contribution in [0.25, 0.3) is 0 Å². The van der Waals surface area contributed by atoms with Gasteiger partial charge in [0.25, 0.3) is 0 Å². The maximum absolute atomic E-state index is 9.07. The molecule has 0 aliphatic carbocycles. The van der Waals surface area contributed by atoms with Crippen LogP contribution in [0.15, 0.2) is 0 Å². The molecule has 90 valence electrons. The van der Waals surface area contributed by atoms with Crippen LogP contribution in [0.4, 0.5) is 0 Å². The Kier molecular flexibility index (Phi) is 4.60. The van der Waals surface area contributed by atoms with Gasteiger partial charge < -0.3 is 5.11 Å². The molecule has 0 spiro atoms. The first-order valence-corrected chi connectivity index (χ1v) is 6.43. The largest absolute Gasteiger partial charge is 0.396 e. The summed E-state index contributed by atoms with van der Waals surface area (Å²) in [4.78, 5) is 2.56. The SMILES string of the molecule is CCC1(CC)CN(C(CCO)C(C)C)C1. The van der Waals surface area contributed by atoms with Gasteiger partial charge in [-0.1, -0.05) is 27.7 Å². The highest BCUT2D eigenvalue weighted by atomic mass is 16.3. The van der Waals surface area contributed by atoms with Gasteiger partial charge in [0.1, 0.15) is 0 Å². The molecule has 1 atom stereocenters. The molecule has 1 fully saturated rings. The molecule has 2 heteroatoms. The molecule has 1 aliphatic heterocycles. The van der Waals surface area contributed by atoms with E-state index in [4.69, 9.17) is 5.11 Å². The van der Waals surface area contributed by atoms with Crippen molar-refractivity contribution in [2.24, 2.45) is 11.3 Å². The van der Waals surface area contributed by atoms with Gasteiger partial charge in [0.15, 0.2) is 0 Å². The zero-order valence-corrected chi connectivity index (χ0v) is 10.8. The molecule has 0 radical (unpaired) electrons. The molecule has 1 aliphatic rings. The first-order chi connectivity index (χ1) is 7.08. The number of nitrogens with zero attached hydrogens (tertiary/aromatic N) is 1. The highest BCUT2D eigenvalue weighted by Gasteiger charge is 2.42. The summed E-state index contributed by atoms with van der Waals surface area (Å²) in [5.74, 6) is 0.656. The fourth-order valence-corrected chi connectivity index (χ4v) is 2.82. The van der Waals surface area contributed by atoms with Gasteiger partial charge >= 0.3 is 0 Å². The topological polar surface area (TPSA) is 23.5 Å². The first kappa shape index (κ1) is 13.0. The van der Waals surface area contributed by atoms with E-state index in [0.29, 0.717) is 24.0 Å². The Balaban J connectivity index is 2.46. The second-order valence-corrected chi connectivity index (χ2v) is 5.44. The molecule has 0 aromatic carbocycles. The molecule has 0 aromatic heterocycles.